The Bertz CT molecular complexity index is 530. The van der Waals surface area contributed by atoms with Gasteiger partial charge >= 0.3 is 0 Å². The highest BCUT2D eigenvalue weighted by molar-refractivity contribution is 5.94. The van der Waals surface area contributed by atoms with Crippen LogP contribution in [0.3, 0.4) is 0 Å². The number of nitrogens with zero attached hydrogens (tertiary/aromatic N) is 1. The molecule has 0 aliphatic heterocycles. The van der Waals surface area contributed by atoms with Crippen LogP contribution in [-0.4, -0.2) is 33.9 Å². The minimum absolute atomic E-state index is 0. The zero-order valence-corrected chi connectivity index (χ0v) is 10.9. The van der Waals surface area contributed by atoms with Gasteiger partial charge in [0, 0.05) is 6.07 Å². The fraction of sp³-hybridized carbons (Fsp3) is 0.167. The zero-order valence-electron chi connectivity index (χ0n) is 10.0. The number of hydrogen-bond acceptors (Lipinski definition) is 4. The second-order valence-corrected chi connectivity index (χ2v) is 3.81. The van der Waals surface area contributed by atoms with Crippen molar-refractivity contribution in [3.05, 3.63) is 36.4 Å². The van der Waals surface area contributed by atoms with Crippen molar-refractivity contribution in [2.45, 2.75) is 6.04 Å². The van der Waals surface area contributed by atoms with Crippen LogP contribution in [0, 0.1) is 0 Å². The molecule has 1 heterocycles. The third-order valence-electron chi connectivity index (χ3n) is 2.45. The first-order valence-electron chi connectivity index (χ1n) is 5.49. The van der Waals surface area contributed by atoms with Crippen molar-refractivity contribution in [3.63, 3.8) is 0 Å². The van der Waals surface area contributed by atoms with Crippen LogP contribution in [0.5, 0.6) is 0 Å². The molecule has 1 amide bonds. The van der Waals surface area contributed by atoms with E-state index in [4.69, 9.17) is 10.8 Å². The number of anilines is 1. The van der Waals surface area contributed by atoms with E-state index in [-0.39, 0.29) is 12.4 Å². The van der Waals surface area contributed by atoms with Gasteiger partial charge in [0.25, 0.3) is 0 Å². The second kappa shape index (κ2) is 6.89. The van der Waals surface area contributed by atoms with Crippen LogP contribution < -0.4 is 11.1 Å². The van der Waals surface area contributed by atoms with Gasteiger partial charge in [-0.3, -0.25) is 9.89 Å². The van der Waals surface area contributed by atoms with Crippen molar-refractivity contribution in [1.29, 1.82) is 0 Å². The molecule has 5 N–H and O–H groups in total. The molecule has 102 valence electrons. The summed E-state index contributed by atoms with van der Waals surface area (Å²) < 4.78 is 0. The van der Waals surface area contributed by atoms with Crippen LogP contribution in [0.4, 0.5) is 5.82 Å². The summed E-state index contributed by atoms with van der Waals surface area (Å²) in [5.41, 5.74) is 7.15. The average molecular weight is 283 g/mol. The average Bonchev–Trinajstić information content (AvgIpc) is 2.87. The summed E-state index contributed by atoms with van der Waals surface area (Å²) in [5, 5.41) is 18.0. The number of aromatic amines is 1. The third-order valence-corrected chi connectivity index (χ3v) is 2.45. The van der Waals surface area contributed by atoms with Gasteiger partial charge in [0.05, 0.1) is 12.3 Å². The SMILES string of the molecule is Cl.NC(CO)C(=O)Nc1cc(-c2ccccc2)[nH]n1. The number of benzene rings is 1. The van der Waals surface area contributed by atoms with E-state index in [2.05, 4.69) is 15.5 Å². The fourth-order valence-electron chi connectivity index (χ4n) is 1.45. The Kier molecular flexibility index (Phi) is 5.50. The van der Waals surface area contributed by atoms with E-state index >= 15 is 0 Å². The lowest BCUT2D eigenvalue weighted by molar-refractivity contribution is -0.118. The second-order valence-electron chi connectivity index (χ2n) is 3.81. The number of aliphatic hydroxyl groups excluding tert-OH is 1. The summed E-state index contributed by atoms with van der Waals surface area (Å²) in [6, 6.07) is 10.4. The Hall–Kier alpha value is -1.89. The molecular weight excluding hydrogens is 268 g/mol. The van der Waals surface area contributed by atoms with Gasteiger partial charge in [0.1, 0.15) is 6.04 Å². The molecule has 0 radical (unpaired) electrons. The van der Waals surface area contributed by atoms with Gasteiger partial charge in [0.2, 0.25) is 5.91 Å². The standard InChI is InChI=1S/C12H14N4O2.ClH/c13-9(7-17)12(18)14-11-6-10(15-16-11)8-4-2-1-3-5-8;/h1-6,9,17H,7,13H2,(H2,14,15,16,18);1H. The molecule has 6 nitrogen and oxygen atoms in total. The van der Waals surface area contributed by atoms with Crippen LogP contribution in [0.2, 0.25) is 0 Å². The van der Waals surface area contributed by atoms with Gasteiger partial charge in [-0.05, 0) is 5.56 Å². The molecule has 19 heavy (non-hydrogen) atoms. The fourth-order valence-corrected chi connectivity index (χ4v) is 1.45. The highest BCUT2D eigenvalue weighted by Gasteiger charge is 2.13. The van der Waals surface area contributed by atoms with Crippen molar-refractivity contribution in [2.75, 3.05) is 11.9 Å². The minimum Gasteiger partial charge on any atom is -0.394 e. The number of carbonyl (C=O) groups is 1. The summed E-state index contributed by atoms with van der Waals surface area (Å²) in [6.45, 7) is -0.401. The van der Waals surface area contributed by atoms with Crippen LogP contribution in [0.15, 0.2) is 36.4 Å². The van der Waals surface area contributed by atoms with Crippen molar-refractivity contribution >= 4 is 24.1 Å². The molecule has 0 bridgehead atoms. The number of aliphatic hydroxyl groups is 1. The highest BCUT2D eigenvalue weighted by Crippen LogP contribution is 2.18. The van der Waals surface area contributed by atoms with E-state index in [1.54, 1.807) is 6.07 Å². The first-order chi connectivity index (χ1) is 8.70. The monoisotopic (exact) mass is 282 g/mol. The Morgan fingerprint density at radius 2 is 2.11 bits per heavy atom. The molecular formula is C12H15ClN4O2. The van der Waals surface area contributed by atoms with Crippen molar-refractivity contribution < 1.29 is 9.90 Å². The first kappa shape index (κ1) is 15.2. The summed E-state index contributed by atoms with van der Waals surface area (Å²) in [5.74, 6) is -0.0913. The number of nitrogens with two attached hydrogens (primary N) is 1. The largest absolute Gasteiger partial charge is 0.394 e. The molecule has 1 aromatic carbocycles. The number of amides is 1. The Labute approximate surface area is 116 Å². The zero-order chi connectivity index (χ0) is 13.0. The lowest BCUT2D eigenvalue weighted by Gasteiger charge is -2.06. The van der Waals surface area contributed by atoms with Gasteiger partial charge in [0.15, 0.2) is 5.82 Å². The van der Waals surface area contributed by atoms with E-state index in [1.807, 2.05) is 30.3 Å². The molecule has 7 heteroatoms. The molecule has 1 atom stereocenters. The number of aromatic nitrogens is 2. The van der Waals surface area contributed by atoms with Crippen molar-refractivity contribution in [1.82, 2.24) is 10.2 Å². The maximum atomic E-state index is 11.4. The minimum atomic E-state index is -0.943. The van der Waals surface area contributed by atoms with Crippen molar-refractivity contribution in [2.24, 2.45) is 5.73 Å². The van der Waals surface area contributed by atoms with Crippen LogP contribution >= 0.6 is 12.4 Å². The lowest BCUT2D eigenvalue weighted by Crippen LogP contribution is -2.38. The van der Waals surface area contributed by atoms with E-state index in [0.29, 0.717) is 5.82 Å². The normalized spacial score (nSPS) is 11.5. The van der Waals surface area contributed by atoms with E-state index < -0.39 is 18.6 Å². The van der Waals surface area contributed by atoms with Gasteiger partial charge in [-0.15, -0.1) is 12.4 Å². The lowest BCUT2D eigenvalue weighted by atomic mass is 10.1. The molecule has 0 saturated carbocycles. The summed E-state index contributed by atoms with van der Waals surface area (Å²) in [7, 11) is 0. The quantitative estimate of drug-likeness (QED) is 0.664. The van der Waals surface area contributed by atoms with Crippen LogP contribution in [-0.2, 0) is 4.79 Å². The number of H-pyrrole nitrogens is 1. The maximum Gasteiger partial charge on any atom is 0.244 e. The Morgan fingerprint density at radius 1 is 1.42 bits per heavy atom. The number of hydrogen-bond donors (Lipinski definition) is 4. The van der Waals surface area contributed by atoms with E-state index in [1.165, 1.54) is 0 Å². The summed E-state index contributed by atoms with van der Waals surface area (Å²) in [4.78, 5) is 11.4. The molecule has 0 saturated heterocycles. The molecule has 0 aliphatic rings. The molecule has 1 unspecified atom stereocenters. The summed E-state index contributed by atoms with van der Waals surface area (Å²) in [6.07, 6.45) is 0. The van der Waals surface area contributed by atoms with Crippen LogP contribution in [0.1, 0.15) is 0 Å². The van der Waals surface area contributed by atoms with E-state index in [0.717, 1.165) is 11.3 Å². The molecule has 1 aromatic heterocycles. The smallest absolute Gasteiger partial charge is 0.244 e. The molecule has 0 aliphatic carbocycles. The molecule has 0 fully saturated rings. The van der Waals surface area contributed by atoms with Gasteiger partial charge in [-0.25, -0.2) is 0 Å². The highest BCUT2D eigenvalue weighted by atomic mass is 35.5. The van der Waals surface area contributed by atoms with E-state index in [9.17, 15) is 4.79 Å². The predicted molar refractivity (Wildman–Crippen MR) is 75.0 cm³/mol. The van der Waals surface area contributed by atoms with Gasteiger partial charge in [-0.1, -0.05) is 30.3 Å². The number of carbonyl (C=O) groups excluding carboxylic acids is 1. The topological polar surface area (TPSA) is 104 Å². The summed E-state index contributed by atoms with van der Waals surface area (Å²) >= 11 is 0. The Balaban J connectivity index is 0.00000180. The third kappa shape index (κ3) is 3.78. The molecule has 2 aromatic rings. The molecule has 0 spiro atoms. The predicted octanol–water partition coefficient (Wildman–Crippen LogP) is 0.757. The van der Waals surface area contributed by atoms with Crippen LogP contribution in [0.25, 0.3) is 11.3 Å². The molecule has 2 rings (SSSR count). The van der Waals surface area contributed by atoms with Crippen molar-refractivity contribution in [3.8, 4) is 11.3 Å². The van der Waals surface area contributed by atoms with Gasteiger partial charge < -0.3 is 16.2 Å². The number of rotatable bonds is 4. The number of nitrogens with one attached hydrogen (secondary N) is 2. The Morgan fingerprint density at radius 3 is 2.74 bits per heavy atom. The maximum absolute atomic E-state index is 11.4. The number of halogens is 1. The first-order valence-corrected chi connectivity index (χ1v) is 5.49. The van der Waals surface area contributed by atoms with Gasteiger partial charge in [-0.2, -0.15) is 5.10 Å².